The lowest BCUT2D eigenvalue weighted by Gasteiger charge is -2.13. The number of rotatable bonds is 2. The van der Waals surface area contributed by atoms with Crippen molar-refractivity contribution in [1.82, 2.24) is 5.32 Å². The molecule has 0 bridgehead atoms. The molecule has 60 valence electrons. The van der Waals surface area contributed by atoms with E-state index in [-0.39, 0.29) is 0 Å². The van der Waals surface area contributed by atoms with Crippen LogP contribution in [0.4, 0.5) is 0 Å². The molecule has 1 heterocycles. The molecule has 2 heteroatoms. The maximum Gasteiger partial charge on any atom is 0.00967 e. The molecule has 0 radical (unpaired) electrons. The van der Waals surface area contributed by atoms with Crippen LogP contribution in [0.3, 0.4) is 0 Å². The van der Waals surface area contributed by atoms with Crippen LogP contribution in [-0.4, -0.2) is 24.9 Å². The summed E-state index contributed by atoms with van der Waals surface area (Å²) < 4.78 is 0. The zero-order chi connectivity index (χ0) is 7.56. The average Bonchev–Trinajstić information content (AvgIpc) is 2.34. The quantitative estimate of drug-likeness (QED) is 0.604. The van der Waals surface area contributed by atoms with Gasteiger partial charge in [0, 0.05) is 12.6 Å². The molecule has 3 unspecified atom stereocenters. The maximum atomic E-state index is 3.56. The van der Waals surface area contributed by atoms with Crippen LogP contribution in [0.2, 0.25) is 0 Å². The summed E-state index contributed by atoms with van der Waals surface area (Å²) in [6.45, 7) is 8.18. The third-order valence-electron chi connectivity index (χ3n) is 2.38. The van der Waals surface area contributed by atoms with Gasteiger partial charge in [0.1, 0.15) is 0 Å². The first-order valence-electron chi connectivity index (χ1n) is 4.14. The zero-order valence-electron chi connectivity index (χ0n) is 7.15. The van der Waals surface area contributed by atoms with Gasteiger partial charge in [0.2, 0.25) is 0 Å². The molecule has 3 atom stereocenters. The zero-order valence-corrected chi connectivity index (χ0v) is 8.15. The number of hydrogen-bond acceptors (Lipinski definition) is 1. The van der Waals surface area contributed by atoms with Crippen molar-refractivity contribution in [2.75, 3.05) is 13.2 Å². The first-order chi connectivity index (χ1) is 4.74. The second kappa shape index (κ2) is 3.69. The fourth-order valence-electron chi connectivity index (χ4n) is 1.49. The van der Waals surface area contributed by atoms with E-state index in [1.165, 1.54) is 13.0 Å². The second-order valence-electron chi connectivity index (χ2n) is 3.48. The fraction of sp³-hybridized carbons (Fsp3) is 1.00. The van der Waals surface area contributed by atoms with E-state index in [9.17, 15) is 0 Å². The summed E-state index contributed by atoms with van der Waals surface area (Å²) in [4.78, 5) is 0. The van der Waals surface area contributed by atoms with Crippen LogP contribution in [0.25, 0.3) is 0 Å². The lowest BCUT2D eigenvalue weighted by Crippen LogP contribution is -2.26. The van der Waals surface area contributed by atoms with Crippen molar-refractivity contribution in [3.8, 4) is 0 Å². The van der Waals surface area contributed by atoms with Crippen LogP contribution in [0.5, 0.6) is 0 Å². The first kappa shape index (κ1) is 8.49. The predicted molar refractivity (Wildman–Crippen MR) is 49.3 cm³/mol. The Morgan fingerprint density at radius 3 is 2.50 bits per heavy atom. The Hall–Kier alpha value is 0.390. The Balaban J connectivity index is 2.28. The molecule has 0 amide bonds. The van der Waals surface area contributed by atoms with Crippen LogP contribution < -0.4 is 5.32 Å². The number of nitrogens with one attached hydrogen (secondary N) is 1. The van der Waals surface area contributed by atoms with Gasteiger partial charge >= 0.3 is 0 Å². The van der Waals surface area contributed by atoms with Crippen molar-refractivity contribution in [1.29, 1.82) is 0 Å². The monoisotopic (exact) mass is 159 g/mol. The molecule has 0 aromatic carbocycles. The largest absolute Gasteiger partial charge is 0.313 e. The van der Waals surface area contributed by atoms with E-state index >= 15 is 0 Å². The molecular formula is C8H18NP. The highest BCUT2D eigenvalue weighted by Crippen LogP contribution is 2.26. The van der Waals surface area contributed by atoms with Crippen molar-refractivity contribution in [3.63, 3.8) is 0 Å². The molecular weight excluding hydrogens is 141 g/mol. The smallest absolute Gasteiger partial charge is 0.00967 e. The number of hydrogen-bond donors (Lipinski definition) is 1. The predicted octanol–water partition coefficient (Wildman–Crippen LogP) is 1.68. The highest BCUT2D eigenvalue weighted by atomic mass is 31.1. The minimum atomic E-state index is 0.803. The highest BCUT2D eigenvalue weighted by Gasteiger charge is 2.24. The Bertz CT molecular complexity index is 103. The van der Waals surface area contributed by atoms with E-state index in [0.29, 0.717) is 0 Å². The SMILES string of the molecule is CPC1CNC(C(C)C)C1. The summed E-state index contributed by atoms with van der Waals surface area (Å²) >= 11 is 0. The van der Waals surface area contributed by atoms with Crippen molar-refractivity contribution in [3.05, 3.63) is 0 Å². The van der Waals surface area contributed by atoms with Crippen LogP contribution in [0, 0.1) is 5.92 Å². The summed E-state index contributed by atoms with van der Waals surface area (Å²) in [5.41, 5.74) is 0.979. The summed E-state index contributed by atoms with van der Waals surface area (Å²) in [5.74, 6) is 0.821. The van der Waals surface area contributed by atoms with Crippen LogP contribution in [0.1, 0.15) is 20.3 Å². The Kier molecular flexibility index (Phi) is 3.13. The van der Waals surface area contributed by atoms with Gasteiger partial charge in [-0.3, -0.25) is 0 Å². The Morgan fingerprint density at radius 1 is 1.50 bits per heavy atom. The lowest BCUT2D eigenvalue weighted by molar-refractivity contribution is 0.453. The average molecular weight is 159 g/mol. The molecule has 1 saturated heterocycles. The molecule has 0 spiro atoms. The van der Waals surface area contributed by atoms with Gasteiger partial charge in [-0.1, -0.05) is 13.8 Å². The molecule has 1 nitrogen and oxygen atoms in total. The Labute approximate surface area is 65.8 Å². The molecule has 1 N–H and O–H groups in total. The van der Waals surface area contributed by atoms with Gasteiger partial charge in [0.25, 0.3) is 0 Å². The second-order valence-corrected chi connectivity index (χ2v) is 4.87. The summed E-state index contributed by atoms with van der Waals surface area (Å²) in [6, 6.07) is 0.803. The third kappa shape index (κ3) is 1.93. The van der Waals surface area contributed by atoms with Gasteiger partial charge in [-0.15, -0.1) is 8.58 Å². The Morgan fingerprint density at radius 2 is 2.20 bits per heavy atom. The minimum Gasteiger partial charge on any atom is -0.313 e. The van der Waals surface area contributed by atoms with Crippen LogP contribution >= 0.6 is 8.58 Å². The van der Waals surface area contributed by atoms with Gasteiger partial charge in [-0.05, 0) is 24.7 Å². The molecule has 0 aromatic heterocycles. The molecule has 1 rings (SSSR count). The van der Waals surface area contributed by atoms with Gasteiger partial charge in [-0.2, -0.15) is 0 Å². The molecule has 10 heavy (non-hydrogen) atoms. The van der Waals surface area contributed by atoms with Gasteiger partial charge in [-0.25, -0.2) is 0 Å². The van der Waals surface area contributed by atoms with Gasteiger partial charge in [0.15, 0.2) is 0 Å². The normalized spacial score (nSPS) is 34.8. The molecule has 0 aliphatic carbocycles. The van der Waals surface area contributed by atoms with Crippen LogP contribution in [0.15, 0.2) is 0 Å². The van der Waals surface area contributed by atoms with E-state index in [1.54, 1.807) is 0 Å². The summed E-state index contributed by atoms with van der Waals surface area (Å²) in [5, 5.41) is 3.56. The van der Waals surface area contributed by atoms with Crippen molar-refractivity contribution in [2.24, 2.45) is 5.92 Å². The molecule has 1 fully saturated rings. The van der Waals surface area contributed by atoms with E-state index in [1.807, 2.05) is 0 Å². The van der Waals surface area contributed by atoms with Crippen LogP contribution in [-0.2, 0) is 0 Å². The highest BCUT2D eigenvalue weighted by molar-refractivity contribution is 7.38. The van der Waals surface area contributed by atoms with Crippen molar-refractivity contribution in [2.45, 2.75) is 32.0 Å². The standard InChI is InChI=1S/C8H18NP/c1-6(2)8-4-7(10-3)5-9-8/h6-10H,4-5H2,1-3H3. The summed E-state index contributed by atoms with van der Waals surface area (Å²) in [6.07, 6.45) is 1.41. The molecule has 0 aromatic rings. The molecule has 1 aliphatic heterocycles. The van der Waals surface area contributed by atoms with Gasteiger partial charge in [0.05, 0.1) is 0 Å². The minimum absolute atomic E-state index is 0.803. The third-order valence-corrected chi connectivity index (χ3v) is 3.63. The maximum absolute atomic E-state index is 3.56. The molecule has 1 aliphatic rings. The summed E-state index contributed by atoms with van der Waals surface area (Å²) in [7, 11) is 1.13. The van der Waals surface area contributed by atoms with Crippen molar-refractivity contribution >= 4 is 8.58 Å². The fourth-order valence-corrected chi connectivity index (χ4v) is 2.31. The van der Waals surface area contributed by atoms with E-state index < -0.39 is 0 Å². The van der Waals surface area contributed by atoms with E-state index in [2.05, 4.69) is 25.8 Å². The van der Waals surface area contributed by atoms with E-state index in [0.717, 1.165) is 26.2 Å². The van der Waals surface area contributed by atoms with E-state index in [4.69, 9.17) is 0 Å². The lowest BCUT2D eigenvalue weighted by atomic mass is 10.0. The van der Waals surface area contributed by atoms with Gasteiger partial charge < -0.3 is 5.32 Å². The first-order valence-corrected chi connectivity index (χ1v) is 5.72. The van der Waals surface area contributed by atoms with Crippen molar-refractivity contribution < 1.29 is 0 Å². The molecule has 0 saturated carbocycles. The topological polar surface area (TPSA) is 12.0 Å².